The van der Waals surface area contributed by atoms with Crippen molar-refractivity contribution in [1.82, 2.24) is 5.16 Å². The van der Waals surface area contributed by atoms with Crippen LogP contribution in [0.1, 0.15) is 0 Å². The van der Waals surface area contributed by atoms with E-state index in [1.807, 2.05) is 12.1 Å². The van der Waals surface area contributed by atoms with Crippen LogP contribution in [0.25, 0.3) is 22.5 Å². The Morgan fingerprint density at radius 1 is 0.905 bits per heavy atom. The standard InChI is InChI=1S/C15H9Cl3N2O/c16-9-3-1-8(2-4-9)13-14(21-20-15(13)19)11-6-5-10(17)7-12(11)18/h1-7H,(H2,19,20). The third-order valence-corrected chi connectivity index (χ3v) is 3.83. The second-order valence-electron chi connectivity index (χ2n) is 4.40. The molecule has 0 spiro atoms. The minimum absolute atomic E-state index is 0.290. The average molecular weight is 340 g/mol. The number of aromatic nitrogens is 1. The monoisotopic (exact) mass is 338 g/mol. The van der Waals surface area contributed by atoms with Crippen molar-refractivity contribution in [2.45, 2.75) is 0 Å². The highest BCUT2D eigenvalue weighted by atomic mass is 35.5. The molecule has 0 radical (unpaired) electrons. The van der Waals surface area contributed by atoms with Crippen LogP contribution in [-0.4, -0.2) is 5.16 Å². The van der Waals surface area contributed by atoms with Gasteiger partial charge in [-0.05, 0) is 35.9 Å². The summed E-state index contributed by atoms with van der Waals surface area (Å²) in [4.78, 5) is 0. The summed E-state index contributed by atoms with van der Waals surface area (Å²) in [6.45, 7) is 0. The van der Waals surface area contributed by atoms with Gasteiger partial charge in [0.2, 0.25) is 0 Å². The molecule has 0 unspecified atom stereocenters. The number of benzene rings is 2. The average Bonchev–Trinajstić information content (AvgIpc) is 2.82. The van der Waals surface area contributed by atoms with E-state index >= 15 is 0 Å². The zero-order valence-corrected chi connectivity index (χ0v) is 12.9. The lowest BCUT2D eigenvalue weighted by atomic mass is 10.0. The summed E-state index contributed by atoms with van der Waals surface area (Å²) in [6.07, 6.45) is 0. The van der Waals surface area contributed by atoms with Gasteiger partial charge in [-0.3, -0.25) is 0 Å². The van der Waals surface area contributed by atoms with Gasteiger partial charge in [0.25, 0.3) is 0 Å². The first-order chi connectivity index (χ1) is 10.1. The molecular weight excluding hydrogens is 331 g/mol. The summed E-state index contributed by atoms with van der Waals surface area (Å²) in [6, 6.07) is 12.4. The van der Waals surface area contributed by atoms with Crippen LogP contribution in [0.2, 0.25) is 15.1 Å². The Hall–Kier alpha value is -1.68. The van der Waals surface area contributed by atoms with Crippen LogP contribution in [0.15, 0.2) is 47.0 Å². The third-order valence-electron chi connectivity index (χ3n) is 3.03. The molecule has 2 aromatic carbocycles. The lowest BCUT2D eigenvalue weighted by Crippen LogP contribution is -1.89. The zero-order valence-electron chi connectivity index (χ0n) is 10.6. The van der Waals surface area contributed by atoms with Gasteiger partial charge in [-0.15, -0.1) is 0 Å². The smallest absolute Gasteiger partial charge is 0.178 e. The maximum atomic E-state index is 6.22. The molecule has 0 aliphatic rings. The molecule has 0 bridgehead atoms. The van der Waals surface area contributed by atoms with E-state index in [1.165, 1.54) is 0 Å². The number of anilines is 1. The van der Waals surface area contributed by atoms with E-state index < -0.39 is 0 Å². The molecule has 1 aromatic heterocycles. The highest BCUT2D eigenvalue weighted by Crippen LogP contribution is 2.40. The van der Waals surface area contributed by atoms with Crippen LogP contribution in [0.5, 0.6) is 0 Å². The molecule has 1 heterocycles. The Morgan fingerprint density at radius 3 is 2.24 bits per heavy atom. The third kappa shape index (κ3) is 2.72. The first-order valence-corrected chi connectivity index (χ1v) is 7.16. The summed E-state index contributed by atoms with van der Waals surface area (Å²) in [7, 11) is 0. The molecule has 0 fully saturated rings. The Bertz CT molecular complexity index is 797. The molecule has 3 nitrogen and oxygen atoms in total. The van der Waals surface area contributed by atoms with Crippen LogP contribution in [0.3, 0.4) is 0 Å². The topological polar surface area (TPSA) is 52.0 Å². The van der Waals surface area contributed by atoms with Crippen LogP contribution in [0, 0.1) is 0 Å². The maximum absolute atomic E-state index is 6.22. The molecule has 6 heteroatoms. The van der Waals surface area contributed by atoms with E-state index in [1.54, 1.807) is 30.3 Å². The largest absolute Gasteiger partial charge is 0.380 e. The van der Waals surface area contributed by atoms with E-state index in [2.05, 4.69) is 5.16 Å². The predicted octanol–water partition coefficient (Wildman–Crippen LogP) is 5.55. The van der Waals surface area contributed by atoms with Gasteiger partial charge in [0.15, 0.2) is 11.6 Å². The summed E-state index contributed by atoms with van der Waals surface area (Å²) in [5.41, 5.74) is 8.12. The van der Waals surface area contributed by atoms with Gasteiger partial charge < -0.3 is 10.3 Å². The fourth-order valence-corrected chi connectivity index (χ4v) is 2.68. The predicted molar refractivity (Wildman–Crippen MR) is 86.8 cm³/mol. The number of hydrogen-bond acceptors (Lipinski definition) is 3. The molecule has 0 amide bonds. The molecule has 2 N–H and O–H groups in total. The number of rotatable bonds is 2. The first kappa shape index (κ1) is 14.3. The van der Waals surface area contributed by atoms with Gasteiger partial charge in [0.05, 0.1) is 10.6 Å². The molecular formula is C15H9Cl3N2O. The SMILES string of the molecule is Nc1noc(-c2ccc(Cl)cc2Cl)c1-c1ccc(Cl)cc1. The van der Waals surface area contributed by atoms with E-state index in [0.717, 1.165) is 5.56 Å². The maximum Gasteiger partial charge on any atom is 0.178 e. The van der Waals surface area contributed by atoms with Gasteiger partial charge in [-0.2, -0.15) is 0 Å². The molecule has 0 atom stereocenters. The van der Waals surface area contributed by atoms with E-state index in [-0.39, 0.29) is 0 Å². The fraction of sp³-hybridized carbons (Fsp3) is 0. The van der Waals surface area contributed by atoms with Gasteiger partial charge >= 0.3 is 0 Å². The number of hydrogen-bond donors (Lipinski definition) is 1. The number of halogens is 3. The lowest BCUT2D eigenvalue weighted by molar-refractivity contribution is 0.436. The lowest BCUT2D eigenvalue weighted by Gasteiger charge is -2.05. The van der Waals surface area contributed by atoms with Gasteiger partial charge in [-0.25, -0.2) is 0 Å². The van der Waals surface area contributed by atoms with Crippen LogP contribution in [0.4, 0.5) is 5.82 Å². The molecule has 3 rings (SSSR count). The minimum atomic E-state index is 0.290. The normalized spacial score (nSPS) is 10.8. The Morgan fingerprint density at radius 2 is 1.57 bits per heavy atom. The zero-order chi connectivity index (χ0) is 15.0. The van der Waals surface area contributed by atoms with Crippen molar-refractivity contribution < 1.29 is 4.52 Å². The van der Waals surface area contributed by atoms with E-state index in [4.69, 9.17) is 45.1 Å². The van der Waals surface area contributed by atoms with Crippen molar-refractivity contribution in [3.05, 3.63) is 57.5 Å². The molecule has 0 saturated heterocycles. The van der Waals surface area contributed by atoms with Gasteiger partial charge in [-0.1, -0.05) is 52.1 Å². The minimum Gasteiger partial charge on any atom is -0.380 e. The Kier molecular flexibility index (Phi) is 3.81. The highest BCUT2D eigenvalue weighted by Gasteiger charge is 2.19. The van der Waals surface area contributed by atoms with E-state index in [0.29, 0.717) is 37.8 Å². The molecule has 0 aliphatic heterocycles. The highest BCUT2D eigenvalue weighted by molar-refractivity contribution is 6.36. The van der Waals surface area contributed by atoms with Crippen molar-refractivity contribution in [2.75, 3.05) is 5.73 Å². The fourth-order valence-electron chi connectivity index (χ4n) is 2.06. The summed E-state index contributed by atoms with van der Waals surface area (Å²) in [5.74, 6) is 0.787. The molecule has 106 valence electrons. The van der Waals surface area contributed by atoms with Crippen molar-refractivity contribution in [2.24, 2.45) is 0 Å². The van der Waals surface area contributed by atoms with Crippen LogP contribution in [-0.2, 0) is 0 Å². The van der Waals surface area contributed by atoms with Crippen LogP contribution >= 0.6 is 34.8 Å². The summed E-state index contributed by atoms with van der Waals surface area (Å²) >= 11 is 18.0. The molecule has 21 heavy (non-hydrogen) atoms. The summed E-state index contributed by atoms with van der Waals surface area (Å²) in [5, 5.41) is 5.48. The first-order valence-electron chi connectivity index (χ1n) is 6.03. The van der Waals surface area contributed by atoms with Gasteiger partial charge in [0.1, 0.15) is 0 Å². The van der Waals surface area contributed by atoms with E-state index in [9.17, 15) is 0 Å². The number of nitrogen functional groups attached to an aromatic ring is 1. The summed E-state index contributed by atoms with van der Waals surface area (Å²) < 4.78 is 5.35. The van der Waals surface area contributed by atoms with Crippen LogP contribution < -0.4 is 5.73 Å². The second-order valence-corrected chi connectivity index (χ2v) is 5.68. The Balaban J connectivity index is 2.19. The van der Waals surface area contributed by atoms with Crippen molar-refractivity contribution in [3.8, 4) is 22.5 Å². The second kappa shape index (κ2) is 5.60. The Labute approximate surface area is 136 Å². The molecule has 0 aliphatic carbocycles. The molecule has 0 saturated carbocycles. The quantitative estimate of drug-likeness (QED) is 0.666. The van der Waals surface area contributed by atoms with Gasteiger partial charge in [0, 0.05) is 15.6 Å². The van der Waals surface area contributed by atoms with Crippen molar-refractivity contribution in [3.63, 3.8) is 0 Å². The number of nitrogens with zero attached hydrogens (tertiary/aromatic N) is 1. The number of nitrogens with two attached hydrogens (primary N) is 1. The molecule has 3 aromatic rings. The van der Waals surface area contributed by atoms with Crippen molar-refractivity contribution in [1.29, 1.82) is 0 Å². The van der Waals surface area contributed by atoms with Crippen molar-refractivity contribution >= 4 is 40.6 Å².